The van der Waals surface area contributed by atoms with Gasteiger partial charge in [-0.25, -0.2) is 4.98 Å². The van der Waals surface area contributed by atoms with Crippen molar-refractivity contribution in [2.24, 2.45) is 0 Å². The number of thioether (sulfide) groups is 1. The van der Waals surface area contributed by atoms with Crippen LogP contribution in [0.2, 0.25) is 0 Å². The highest BCUT2D eigenvalue weighted by atomic mass is 32.2. The Bertz CT molecular complexity index is 1050. The molecule has 1 saturated carbocycles. The summed E-state index contributed by atoms with van der Waals surface area (Å²) >= 11 is 3.25. The van der Waals surface area contributed by atoms with Crippen LogP contribution in [0, 0.1) is 6.92 Å². The molecule has 0 atom stereocenters. The predicted molar refractivity (Wildman–Crippen MR) is 107 cm³/mol. The third-order valence-corrected chi connectivity index (χ3v) is 7.69. The van der Waals surface area contributed by atoms with Crippen molar-refractivity contribution < 1.29 is 4.42 Å². The maximum absolute atomic E-state index is 13.5. The highest BCUT2D eigenvalue weighted by Crippen LogP contribution is 2.37. The Kier molecular flexibility index (Phi) is 4.55. The second kappa shape index (κ2) is 7.05. The first-order chi connectivity index (χ1) is 13.2. The SMILES string of the molecule is Cc1nnc(CSc2nc3sc4c(c3c(=O)n2C2CCCC2)CCCC4)o1. The number of hydrogen-bond donors (Lipinski definition) is 0. The molecule has 3 heterocycles. The molecule has 0 amide bonds. The molecular weight excluding hydrogens is 380 g/mol. The minimum Gasteiger partial charge on any atom is -0.425 e. The van der Waals surface area contributed by atoms with Crippen molar-refractivity contribution >= 4 is 33.3 Å². The fourth-order valence-electron chi connectivity index (χ4n) is 4.31. The van der Waals surface area contributed by atoms with Gasteiger partial charge in [-0.2, -0.15) is 0 Å². The van der Waals surface area contributed by atoms with Crippen LogP contribution in [-0.4, -0.2) is 19.7 Å². The molecule has 5 rings (SSSR count). The Balaban J connectivity index is 1.61. The van der Waals surface area contributed by atoms with Crippen molar-refractivity contribution in [2.45, 2.75) is 75.2 Å². The van der Waals surface area contributed by atoms with Crippen molar-refractivity contribution in [3.8, 4) is 0 Å². The van der Waals surface area contributed by atoms with Crippen LogP contribution in [-0.2, 0) is 18.6 Å². The summed E-state index contributed by atoms with van der Waals surface area (Å²) in [6.07, 6.45) is 8.99. The molecule has 0 unspecified atom stereocenters. The van der Waals surface area contributed by atoms with Gasteiger partial charge in [0.1, 0.15) is 4.83 Å². The lowest BCUT2D eigenvalue weighted by molar-refractivity contribution is 0.456. The number of rotatable bonds is 4. The van der Waals surface area contributed by atoms with Gasteiger partial charge in [-0.15, -0.1) is 21.5 Å². The van der Waals surface area contributed by atoms with Gasteiger partial charge in [0.25, 0.3) is 5.56 Å². The zero-order valence-corrected chi connectivity index (χ0v) is 17.0. The number of fused-ring (bicyclic) bond motifs is 3. The van der Waals surface area contributed by atoms with Gasteiger partial charge in [-0.05, 0) is 44.1 Å². The van der Waals surface area contributed by atoms with Crippen LogP contribution in [0.1, 0.15) is 66.8 Å². The molecule has 2 aliphatic carbocycles. The minimum absolute atomic E-state index is 0.163. The number of aromatic nitrogens is 4. The monoisotopic (exact) mass is 402 g/mol. The summed E-state index contributed by atoms with van der Waals surface area (Å²) in [4.78, 5) is 20.8. The number of hydrogen-bond acceptors (Lipinski definition) is 7. The molecule has 142 valence electrons. The first kappa shape index (κ1) is 17.4. The van der Waals surface area contributed by atoms with Crippen molar-refractivity contribution in [1.82, 2.24) is 19.7 Å². The van der Waals surface area contributed by atoms with Gasteiger partial charge in [0.15, 0.2) is 5.16 Å². The lowest BCUT2D eigenvalue weighted by atomic mass is 9.97. The summed E-state index contributed by atoms with van der Waals surface area (Å²) in [5.41, 5.74) is 1.44. The van der Waals surface area contributed by atoms with Gasteiger partial charge in [0.05, 0.1) is 11.1 Å². The third-order valence-electron chi connectivity index (χ3n) is 5.57. The predicted octanol–water partition coefficient (Wildman–Crippen LogP) is 4.44. The van der Waals surface area contributed by atoms with Crippen LogP contribution in [0.25, 0.3) is 10.2 Å². The average molecular weight is 403 g/mol. The Morgan fingerprint density at radius 1 is 1.19 bits per heavy atom. The molecule has 3 aromatic heterocycles. The smallest absolute Gasteiger partial charge is 0.263 e. The van der Waals surface area contributed by atoms with Crippen molar-refractivity contribution in [2.75, 3.05) is 0 Å². The molecule has 0 saturated heterocycles. The normalized spacial score (nSPS) is 17.7. The van der Waals surface area contributed by atoms with E-state index in [1.54, 1.807) is 18.3 Å². The highest BCUT2D eigenvalue weighted by Gasteiger charge is 2.27. The molecule has 0 aromatic carbocycles. The Morgan fingerprint density at radius 2 is 2.00 bits per heavy atom. The van der Waals surface area contributed by atoms with Gasteiger partial charge in [0.2, 0.25) is 11.8 Å². The minimum atomic E-state index is 0.163. The fraction of sp³-hybridized carbons (Fsp3) is 0.579. The van der Waals surface area contributed by atoms with Gasteiger partial charge in [0, 0.05) is 17.8 Å². The summed E-state index contributed by atoms with van der Waals surface area (Å²) in [6, 6.07) is 0.264. The van der Waals surface area contributed by atoms with Crippen LogP contribution >= 0.6 is 23.1 Å². The van der Waals surface area contributed by atoms with Crippen LogP contribution in [0.15, 0.2) is 14.4 Å². The van der Waals surface area contributed by atoms with Gasteiger partial charge in [-0.3, -0.25) is 9.36 Å². The van der Waals surface area contributed by atoms with E-state index in [2.05, 4.69) is 10.2 Å². The van der Waals surface area contributed by atoms with Crippen LogP contribution in [0.3, 0.4) is 0 Å². The summed E-state index contributed by atoms with van der Waals surface area (Å²) in [5.74, 6) is 1.68. The van der Waals surface area contributed by atoms with E-state index in [4.69, 9.17) is 9.40 Å². The van der Waals surface area contributed by atoms with Gasteiger partial charge >= 0.3 is 0 Å². The number of thiophene rings is 1. The summed E-state index contributed by atoms with van der Waals surface area (Å²) < 4.78 is 7.48. The maximum Gasteiger partial charge on any atom is 0.263 e. The van der Waals surface area contributed by atoms with Crippen molar-refractivity contribution in [3.05, 3.63) is 32.6 Å². The molecule has 0 spiro atoms. The lowest BCUT2D eigenvalue weighted by Crippen LogP contribution is -2.26. The average Bonchev–Trinajstić information content (AvgIpc) is 3.39. The Labute approximate surface area is 165 Å². The summed E-state index contributed by atoms with van der Waals surface area (Å²) in [7, 11) is 0. The Hall–Kier alpha value is -1.67. The standard InChI is InChI=1S/C19H22N4O2S2/c1-11-21-22-15(25-11)10-26-19-20-17-16(13-8-4-5-9-14(13)27-17)18(24)23(19)12-6-2-3-7-12/h12H,2-10H2,1H3. The summed E-state index contributed by atoms with van der Waals surface area (Å²) in [5, 5.41) is 9.66. The largest absolute Gasteiger partial charge is 0.425 e. The molecule has 0 aliphatic heterocycles. The zero-order chi connectivity index (χ0) is 18.4. The van der Waals surface area contributed by atoms with Crippen LogP contribution < -0.4 is 5.56 Å². The molecule has 0 radical (unpaired) electrons. The van der Waals surface area contributed by atoms with Crippen molar-refractivity contribution in [1.29, 1.82) is 0 Å². The van der Waals surface area contributed by atoms with E-state index in [-0.39, 0.29) is 11.6 Å². The Morgan fingerprint density at radius 3 is 2.78 bits per heavy atom. The molecular formula is C19H22N4O2S2. The van der Waals surface area contributed by atoms with Crippen LogP contribution in [0.4, 0.5) is 0 Å². The first-order valence-corrected chi connectivity index (χ1v) is 11.5. The summed E-state index contributed by atoms with van der Waals surface area (Å²) in [6.45, 7) is 1.79. The maximum atomic E-state index is 13.5. The zero-order valence-electron chi connectivity index (χ0n) is 15.4. The molecule has 27 heavy (non-hydrogen) atoms. The van der Waals surface area contributed by atoms with E-state index in [0.29, 0.717) is 17.5 Å². The number of aryl methyl sites for hydroxylation is 3. The second-order valence-electron chi connectivity index (χ2n) is 7.40. The fourth-order valence-corrected chi connectivity index (χ4v) is 6.51. The first-order valence-electron chi connectivity index (χ1n) is 9.69. The van der Waals surface area contributed by atoms with Gasteiger partial charge < -0.3 is 4.42 Å². The van der Waals surface area contributed by atoms with E-state index in [9.17, 15) is 4.79 Å². The lowest BCUT2D eigenvalue weighted by Gasteiger charge is -2.18. The highest BCUT2D eigenvalue weighted by molar-refractivity contribution is 7.98. The van der Waals surface area contributed by atoms with Crippen molar-refractivity contribution in [3.63, 3.8) is 0 Å². The molecule has 0 N–H and O–H groups in total. The van der Waals surface area contributed by atoms with Gasteiger partial charge in [-0.1, -0.05) is 24.6 Å². The third kappa shape index (κ3) is 3.12. The second-order valence-corrected chi connectivity index (χ2v) is 9.43. The molecule has 1 fully saturated rings. The number of nitrogens with zero attached hydrogens (tertiary/aromatic N) is 4. The molecule has 0 bridgehead atoms. The molecule has 3 aromatic rings. The topological polar surface area (TPSA) is 73.8 Å². The van der Waals surface area contributed by atoms with E-state index >= 15 is 0 Å². The molecule has 2 aliphatic rings. The van der Waals surface area contributed by atoms with Crippen LogP contribution in [0.5, 0.6) is 0 Å². The van der Waals surface area contributed by atoms with E-state index < -0.39 is 0 Å². The molecule has 8 heteroatoms. The molecule has 6 nitrogen and oxygen atoms in total. The van der Waals surface area contributed by atoms with E-state index in [1.165, 1.54) is 47.9 Å². The quantitative estimate of drug-likeness (QED) is 0.475. The van der Waals surface area contributed by atoms with E-state index in [0.717, 1.165) is 41.1 Å². The van der Waals surface area contributed by atoms with E-state index in [1.807, 2.05) is 4.57 Å².